The Hall–Kier alpha value is -3.63. The van der Waals surface area contributed by atoms with Gasteiger partial charge in [0.15, 0.2) is 0 Å². The van der Waals surface area contributed by atoms with Gasteiger partial charge in [-0.25, -0.2) is 9.78 Å². The third-order valence-corrected chi connectivity index (χ3v) is 5.27. The Morgan fingerprint density at radius 1 is 1.19 bits per heavy atom. The van der Waals surface area contributed by atoms with Crippen molar-refractivity contribution in [1.29, 1.82) is 0 Å². The minimum atomic E-state index is -1.10. The first-order valence-electron chi connectivity index (χ1n) is 9.84. The van der Waals surface area contributed by atoms with Crippen molar-refractivity contribution in [3.63, 3.8) is 0 Å². The number of H-pyrrole nitrogens is 1. The number of rotatable bonds is 9. The summed E-state index contributed by atoms with van der Waals surface area (Å²) >= 11 is 6.39. The van der Waals surface area contributed by atoms with Gasteiger partial charge in [0.1, 0.15) is 6.04 Å². The lowest BCUT2D eigenvalue weighted by Gasteiger charge is -2.14. The minimum Gasteiger partial charge on any atom is -0.480 e. The molecule has 0 bridgehead atoms. The van der Waals surface area contributed by atoms with Crippen molar-refractivity contribution in [1.82, 2.24) is 15.3 Å². The van der Waals surface area contributed by atoms with E-state index in [0.29, 0.717) is 41.8 Å². The first-order chi connectivity index (χ1) is 15.3. The van der Waals surface area contributed by atoms with Gasteiger partial charge in [0.05, 0.1) is 15.9 Å². The van der Waals surface area contributed by atoms with E-state index in [2.05, 4.69) is 20.6 Å². The third kappa shape index (κ3) is 5.34. The maximum atomic E-state index is 12.3. The number of carboxylic acids is 1. The van der Waals surface area contributed by atoms with Crippen LogP contribution in [-0.2, 0) is 11.3 Å². The number of aromatic amines is 1. The van der Waals surface area contributed by atoms with Gasteiger partial charge in [0, 0.05) is 17.8 Å². The average Bonchev–Trinajstić information content (AvgIpc) is 2.75. The summed E-state index contributed by atoms with van der Waals surface area (Å²) < 4.78 is 0. The van der Waals surface area contributed by atoms with Crippen molar-refractivity contribution in [2.24, 2.45) is 5.73 Å². The largest absolute Gasteiger partial charge is 0.480 e. The van der Waals surface area contributed by atoms with Crippen LogP contribution in [0.2, 0.25) is 5.02 Å². The van der Waals surface area contributed by atoms with E-state index in [0.717, 1.165) is 0 Å². The number of hydrogen-bond acceptors (Lipinski definition) is 7. The zero-order valence-electron chi connectivity index (χ0n) is 17.0. The van der Waals surface area contributed by atoms with Gasteiger partial charge < -0.3 is 27.2 Å². The van der Waals surface area contributed by atoms with Gasteiger partial charge >= 0.3 is 5.97 Å². The zero-order valence-corrected chi connectivity index (χ0v) is 17.8. The molecule has 0 fully saturated rings. The van der Waals surface area contributed by atoms with Gasteiger partial charge in [0.25, 0.3) is 11.5 Å². The number of nitrogens with two attached hydrogens (primary N) is 2. The van der Waals surface area contributed by atoms with Crippen molar-refractivity contribution in [3.05, 3.63) is 62.9 Å². The number of nitrogens with one attached hydrogen (secondary N) is 3. The van der Waals surface area contributed by atoms with Crippen molar-refractivity contribution in [2.45, 2.75) is 25.4 Å². The van der Waals surface area contributed by atoms with E-state index in [1.807, 2.05) is 0 Å². The molecule has 0 radical (unpaired) electrons. The fourth-order valence-electron chi connectivity index (χ4n) is 3.15. The van der Waals surface area contributed by atoms with Crippen molar-refractivity contribution >= 4 is 46.0 Å². The zero-order chi connectivity index (χ0) is 23.3. The number of carbonyl (C=O) groups excluding carboxylic acids is 1. The lowest BCUT2D eigenvalue weighted by molar-refractivity contribution is -0.139. The van der Waals surface area contributed by atoms with E-state index < -0.39 is 23.5 Å². The van der Waals surface area contributed by atoms with Crippen molar-refractivity contribution in [3.8, 4) is 0 Å². The van der Waals surface area contributed by atoms with Crippen LogP contribution < -0.4 is 27.7 Å². The fourth-order valence-corrected chi connectivity index (χ4v) is 3.46. The highest BCUT2D eigenvalue weighted by Crippen LogP contribution is 2.25. The molecule has 0 saturated carbocycles. The predicted molar refractivity (Wildman–Crippen MR) is 123 cm³/mol. The number of aliphatic carboxylic acids is 1. The molecule has 1 unspecified atom stereocenters. The molecule has 0 aliphatic heterocycles. The second-order valence-electron chi connectivity index (χ2n) is 7.11. The highest BCUT2D eigenvalue weighted by Gasteiger charge is 2.20. The summed E-state index contributed by atoms with van der Waals surface area (Å²) in [6.07, 6.45) is 0.751. The summed E-state index contributed by atoms with van der Waals surface area (Å²) in [6.45, 7) is 0.671. The van der Waals surface area contributed by atoms with Crippen LogP contribution in [0.3, 0.4) is 0 Å². The Kier molecular flexibility index (Phi) is 7.29. The molecule has 0 aliphatic carbocycles. The van der Waals surface area contributed by atoms with Crippen LogP contribution in [-0.4, -0.2) is 39.5 Å². The number of nitrogen functional groups attached to an aromatic ring is 1. The molecular formula is C21H23ClN6O4. The highest BCUT2D eigenvalue weighted by molar-refractivity contribution is 6.36. The van der Waals surface area contributed by atoms with Gasteiger partial charge in [-0.15, -0.1) is 0 Å². The molecule has 2 aromatic carbocycles. The van der Waals surface area contributed by atoms with Gasteiger partial charge in [0.2, 0.25) is 5.95 Å². The number of carbonyl (C=O) groups is 2. The van der Waals surface area contributed by atoms with Gasteiger partial charge in [-0.2, -0.15) is 0 Å². The van der Waals surface area contributed by atoms with Crippen LogP contribution in [0.5, 0.6) is 0 Å². The molecule has 1 amide bonds. The quantitative estimate of drug-likeness (QED) is 0.280. The summed E-state index contributed by atoms with van der Waals surface area (Å²) in [4.78, 5) is 42.3. The molecule has 168 valence electrons. The first-order valence-corrected chi connectivity index (χ1v) is 10.2. The normalized spacial score (nSPS) is 11.8. The minimum absolute atomic E-state index is 0.0163. The summed E-state index contributed by atoms with van der Waals surface area (Å²) in [7, 11) is 0. The molecule has 8 N–H and O–H groups in total. The number of carboxylic acid groups (broad SMARTS) is 1. The molecule has 1 atom stereocenters. The number of anilines is 2. The number of hydrogen-bond donors (Lipinski definition) is 6. The van der Waals surface area contributed by atoms with Crippen LogP contribution in [0.1, 0.15) is 28.8 Å². The number of nitrogens with zero attached hydrogens (tertiary/aromatic N) is 1. The van der Waals surface area contributed by atoms with E-state index >= 15 is 0 Å². The van der Waals surface area contributed by atoms with E-state index in [1.54, 1.807) is 36.4 Å². The number of halogens is 1. The summed E-state index contributed by atoms with van der Waals surface area (Å²) in [5, 5.41) is 15.4. The molecular weight excluding hydrogens is 436 g/mol. The van der Waals surface area contributed by atoms with Crippen LogP contribution in [0, 0.1) is 0 Å². The maximum absolute atomic E-state index is 12.3. The molecule has 0 saturated heterocycles. The van der Waals surface area contributed by atoms with Crippen LogP contribution in [0.25, 0.3) is 10.9 Å². The fraction of sp³-hybridized carbons (Fsp3) is 0.238. The molecule has 32 heavy (non-hydrogen) atoms. The Balaban J connectivity index is 1.67. The standard InChI is InChI=1S/C21H23ClN6O4/c22-17-12(5-8-14-16(17)19(30)28-21(24)27-14)10-25-13-6-3-11(4-7-13)18(29)26-15(20(31)32)2-1-9-23/h3-8,15,25H,1-2,9-10,23H2,(H,26,29)(H,31,32)(H3,24,27,28,30). The molecule has 10 nitrogen and oxygen atoms in total. The van der Waals surface area contributed by atoms with Gasteiger partial charge in [-0.05, 0) is 55.3 Å². The smallest absolute Gasteiger partial charge is 0.326 e. The molecule has 0 spiro atoms. The monoisotopic (exact) mass is 458 g/mol. The highest BCUT2D eigenvalue weighted by atomic mass is 35.5. The summed E-state index contributed by atoms with van der Waals surface area (Å²) in [6, 6.07) is 8.97. The second-order valence-corrected chi connectivity index (χ2v) is 7.49. The maximum Gasteiger partial charge on any atom is 0.326 e. The topological polar surface area (TPSA) is 176 Å². The number of aromatic nitrogens is 2. The molecule has 1 heterocycles. The lowest BCUT2D eigenvalue weighted by atomic mass is 10.1. The Labute approximate surface area is 188 Å². The molecule has 0 aliphatic rings. The third-order valence-electron chi connectivity index (χ3n) is 4.84. The van der Waals surface area contributed by atoms with Crippen molar-refractivity contribution < 1.29 is 14.7 Å². The molecule has 3 aromatic rings. The van der Waals surface area contributed by atoms with E-state index in [1.165, 1.54) is 0 Å². The molecule has 11 heteroatoms. The van der Waals surface area contributed by atoms with Gasteiger partial charge in [-0.1, -0.05) is 17.7 Å². The Morgan fingerprint density at radius 2 is 1.91 bits per heavy atom. The first kappa shape index (κ1) is 23.0. The number of fused-ring (bicyclic) bond motifs is 1. The van der Waals surface area contributed by atoms with Crippen LogP contribution in [0.4, 0.5) is 11.6 Å². The SMILES string of the molecule is NCCCC(NC(=O)c1ccc(NCc2ccc3nc(N)[nH]c(=O)c3c2Cl)cc1)C(=O)O. The van der Waals surface area contributed by atoms with E-state index in [9.17, 15) is 19.5 Å². The van der Waals surface area contributed by atoms with Crippen LogP contribution >= 0.6 is 11.6 Å². The van der Waals surface area contributed by atoms with Crippen molar-refractivity contribution in [2.75, 3.05) is 17.6 Å². The van der Waals surface area contributed by atoms with Gasteiger partial charge in [-0.3, -0.25) is 14.6 Å². The summed E-state index contributed by atoms with van der Waals surface area (Å²) in [5.41, 5.74) is 12.7. The number of benzene rings is 2. The Morgan fingerprint density at radius 3 is 2.56 bits per heavy atom. The Bertz CT molecular complexity index is 1200. The predicted octanol–water partition coefficient (Wildman–Crippen LogP) is 1.69. The second kappa shape index (κ2) is 10.1. The molecule has 1 aromatic heterocycles. The number of amides is 1. The van der Waals surface area contributed by atoms with Crippen LogP contribution in [0.15, 0.2) is 41.2 Å². The summed E-state index contributed by atoms with van der Waals surface area (Å²) in [5.74, 6) is -1.57. The lowest BCUT2D eigenvalue weighted by Crippen LogP contribution is -2.41. The van der Waals surface area contributed by atoms with E-state index in [4.69, 9.17) is 23.1 Å². The average molecular weight is 459 g/mol. The molecule has 3 rings (SSSR count). The van der Waals surface area contributed by atoms with E-state index in [-0.39, 0.29) is 22.8 Å².